The second-order valence-electron chi connectivity index (χ2n) is 5.65. The number of hydrogen-bond donors (Lipinski definition) is 2. The molecule has 0 radical (unpaired) electrons. The second-order valence-corrected chi connectivity index (χ2v) is 5.65. The second kappa shape index (κ2) is 7.82. The number of likely N-dealkylation sites (N-methyl/N-ethyl adjacent to an activating group) is 1. The van der Waals surface area contributed by atoms with Crippen molar-refractivity contribution in [1.82, 2.24) is 10.2 Å². The lowest BCUT2D eigenvalue weighted by Crippen LogP contribution is -2.49. The van der Waals surface area contributed by atoms with Gasteiger partial charge in [-0.3, -0.25) is 4.79 Å². The molecule has 1 rings (SSSR count). The number of nitrogens with zero attached hydrogens (tertiary/aromatic N) is 1. The van der Waals surface area contributed by atoms with Crippen molar-refractivity contribution < 1.29 is 14.6 Å². The van der Waals surface area contributed by atoms with Crippen LogP contribution in [0.3, 0.4) is 0 Å². The summed E-state index contributed by atoms with van der Waals surface area (Å²) in [7, 11) is 5.23. The van der Waals surface area contributed by atoms with Crippen LogP contribution >= 0.6 is 0 Å². The summed E-state index contributed by atoms with van der Waals surface area (Å²) < 4.78 is 4.87. The highest BCUT2D eigenvalue weighted by molar-refractivity contribution is 5.77. The fourth-order valence-corrected chi connectivity index (χ4v) is 2.83. The summed E-state index contributed by atoms with van der Waals surface area (Å²) in [4.78, 5) is 13.9. The maximum absolute atomic E-state index is 12.2. The maximum atomic E-state index is 12.2. The smallest absolute Gasteiger partial charge is 0.224 e. The van der Waals surface area contributed by atoms with Crippen LogP contribution in [0.2, 0.25) is 0 Å². The average molecular weight is 272 g/mol. The van der Waals surface area contributed by atoms with Gasteiger partial charge in [0.15, 0.2) is 0 Å². The highest BCUT2D eigenvalue weighted by Crippen LogP contribution is 2.31. The first-order valence-corrected chi connectivity index (χ1v) is 7.13. The van der Waals surface area contributed by atoms with Gasteiger partial charge in [0.1, 0.15) is 0 Å². The van der Waals surface area contributed by atoms with E-state index >= 15 is 0 Å². The van der Waals surface area contributed by atoms with Crippen LogP contribution in [0, 0.1) is 0 Å². The zero-order chi connectivity index (χ0) is 14.3. The Morgan fingerprint density at radius 2 is 2.05 bits per heavy atom. The van der Waals surface area contributed by atoms with Crippen LogP contribution in [0.5, 0.6) is 0 Å². The molecule has 1 atom stereocenters. The van der Waals surface area contributed by atoms with E-state index in [1.165, 1.54) is 19.3 Å². The van der Waals surface area contributed by atoms with Crippen LogP contribution in [-0.4, -0.2) is 61.9 Å². The average Bonchev–Trinajstić information content (AvgIpc) is 2.40. The van der Waals surface area contributed by atoms with Crippen molar-refractivity contribution in [2.45, 2.75) is 50.2 Å². The molecule has 1 saturated carbocycles. The Hall–Kier alpha value is -0.650. The Bertz CT molecular complexity index is 278. The zero-order valence-corrected chi connectivity index (χ0v) is 12.4. The Morgan fingerprint density at radius 3 is 2.58 bits per heavy atom. The molecular weight excluding hydrogens is 244 g/mol. The molecule has 0 aromatic rings. The van der Waals surface area contributed by atoms with Crippen LogP contribution in [0.25, 0.3) is 0 Å². The minimum atomic E-state index is -0.615. The number of rotatable bonds is 7. The molecule has 1 unspecified atom stereocenters. The van der Waals surface area contributed by atoms with Crippen molar-refractivity contribution in [3.8, 4) is 0 Å². The predicted octanol–water partition coefficient (Wildman–Crippen LogP) is 0.764. The van der Waals surface area contributed by atoms with Crippen molar-refractivity contribution in [3.05, 3.63) is 0 Å². The van der Waals surface area contributed by atoms with Crippen LogP contribution in [0.4, 0.5) is 0 Å². The molecule has 5 nitrogen and oxygen atoms in total. The van der Waals surface area contributed by atoms with Crippen LogP contribution in [0.15, 0.2) is 0 Å². The predicted molar refractivity (Wildman–Crippen MR) is 75.0 cm³/mol. The summed E-state index contributed by atoms with van der Waals surface area (Å²) in [6.07, 6.45) is 5.65. The van der Waals surface area contributed by atoms with Crippen LogP contribution in [-0.2, 0) is 9.53 Å². The van der Waals surface area contributed by atoms with Gasteiger partial charge in [-0.05, 0) is 19.9 Å². The summed E-state index contributed by atoms with van der Waals surface area (Å²) in [6, 6.07) is 0. The minimum Gasteiger partial charge on any atom is -0.389 e. The number of amides is 1. The van der Waals surface area contributed by atoms with Gasteiger partial charge in [-0.2, -0.15) is 0 Å². The molecule has 0 saturated heterocycles. The molecular formula is C14H28N2O3. The molecule has 0 bridgehead atoms. The lowest BCUT2D eigenvalue weighted by atomic mass is 9.79. The van der Waals surface area contributed by atoms with Crippen molar-refractivity contribution >= 4 is 5.91 Å². The van der Waals surface area contributed by atoms with E-state index in [0.29, 0.717) is 13.0 Å². The van der Waals surface area contributed by atoms with Gasteiger partial charge in [-0.1, -0.05) is 19.3 Å². The lowest BCUT2D eigenvalue weighted by Gasteiger charge is -2.37. The van der Waals surface area contributed by atoms with Gasteiger partial charge >= 0.3 is 0 Å². The molecule has 112 valence electrons. The summed E-state index contributed by atoms with van der Waals surface area (Å²) in [5, 5.41) is 13.0. The molecule has 1 aliphatic carbocycles. The van der Waals surface area contributed by atoms with Gasteiger partial charge in [0.25, 0.3) is 0 Å². The molecule has 1 aliphatic rings. The topological polar surface area (TPSA) is 61.8 Å². The highest BCUT2D eigenvalue weighted by Gasteiger charge is 2.33. The Morgan fingerprint density at radius 1 is 1.42 bits per heavy atom. The third-order valence-corrected chi connectivity index (χ3v) is 4.10. The van der Waals surface area contributed by atoms with Crippen molar-refractivity contribution in [3.63, 3.8) is 0 Å². The van der Waals surface area contributed by atoms with Crippen LogP contribution in [0.1, 0.15) is 38.5 Å². The zero-order valence-electron chi connectivity index (χ0n) is 12.4. The normalized spacial score (nSPS) is 20.0. The molecule has 0 aliphatic heterocycles. The van der Waals surface area contributed by atoms with Gasteiger partial charge in [-0.25, -0.2) is 0 Å². The molecule has 0 heterocycles. The summed E-state index contributed by atoms with van der Waals surface area (Å²) in [6.45, 7) is 0.585. The summed E-state index contributed by atoms with van der Waals surface area (Å²) in [5.74, 6) is 0.0893. The number of carbonyl (C=O) groups is 1. The van der Waals surface area contributed by atoms with Gasteiger partial charge in [0.05, 0.1) is 12.7 Å². The van der Waals surface area contributed by atoms with E-state index in [9.17, 15) is 9.90 Å². The standard InChI is InChI=1S/C14H28N2O3/c1-15-14(7-5-4-6-8-14)9-13(18)16(2)10-12(17)11-19-3/h12,15,17H,4-11H2,1-3H3. The SMILES string of the molecule is CNC1(CC(=O)N(C)CC(O)COC)CCCCC1. The van der Waals surface area contributed by atoms with E-state index in [0.717, 1.165) is 12.8 Å². The molecule has 0 aromatic heterocycles. The monoisotopic (exact) mass is 272 g/mol. The summed E-state index contributed by atoms with van der Waals surface area (Å²) >= 11 is 0. The minimum absolute atomic E-state index is 0.0458. The number of aliphatic hydroxyl groups excluding tert-OH is 1. The first kappa shape index (κ1) is 16.4. The number of methoxy groups -OCH3 is 1. The van der Waals surface area contributed by atoms with Crippen molar-refractivity contribution in [2.24, 2.45) is 0 Å². The van der Waals surface area contributed by atoms with E-state index in [-0.39, 0.29) is 18.1 Å². The first-order chi connectivity index (χ1) is 9.03. The number of carbonyl (C=O) groups excluding carboxylic acids is 1. The molecule has 0 spiro atoms. The van der Waals surface area contributed by atoms with Crippen molar-refractivity contribution in [2.75, 3.05) is 34.4 Å². The van der Waals surface area contributed by atoms with E-state index in [1.807, 2.05) is 7.05 Å². The number of nitrogens with one attached hydrogen (secondary N) is 1. The Kier molecular flexibility index (Phi) is 6.75. The summed E-state index contributed by atoms with van der Waals surface area (Å²) in [5.41, 5.74) is -0.0458. The van der Waals surface area contributed by atoms with E-state index in [4.69, 9.17) is 4.74 Å². The molecule has 5 heteroatoms. The number of aliphatic hydroxyl groups is 1. The first-order valence-electron chi connectivity index (χ1n) is 7.13. The maximum Gasteiger partial charge on any atom is 0.224 e. The van der Waals surface area contributed by atoms with E-state index in [2.05, 4.69) is 5.32 Å². The molecule has 1 fully saturated rings. The lowest BCUT2D eigenvalue weighted by molar-refractivity contribution is -0.133. The largest absolute Gasteiger partial charge is 0.389 e. The fourth-order valence-electron chi connectivity index (χ4n) is 2.83. The molecule has 1 amide bonds. The van der Waals surface area contributed by atoms with Crippen LogP contribution < -0.4 is 5.32 Å². The third-order valence-electron chi connectivity index (χ3n) is 4.10. The number of hydrogen-bond acceptors (Lipinski definition) is 4. The quantitative estimate of drug-likeness (QED) is 0.718. The Labute approximate surface area is 116 Å². The molecule has 0 aromatic carbocycles. The van der Waals surface area contributed by atoms with Gasteiger partial charge in [0, 0.05) is 32.7 Å². The van der Waals surface area contributed by atoms with E-state index in [1.54, 1.807) is 19.1 Å². The van der Waals surface area contributed by atoms with Gasteiger partial charge in [0.2, 0.25) is 5.91 Å². The van der Waals surface area contributed by atoms with E-state index < -0.39 is 6.10 Å². The molecule has 19 heavy (non-hydrogen) atoms. The van der Waals surface area contributed by atoms with Gasteiger partial charge < -0.3 is 20.1 Å². The fraction of sp³-hybridized carbons (Fsp3) is 0.929. The van der Waals surface area contributed by atoms with Gasteiger partial charge in [-0.15, -0.1) is 0 Å². The third kappa shape index (κ3) is 5.09. The van der Waals surface area contributed by atoms with Crippen molar-refractivity contribution in [1.29, 1.82) is 0 Å². The number of ether oxygens (including phenoxy) is 1. The molecule has 2 N–H and O–H groups in total. The Balaban J connectivity index is 2.47. The highest BCUT2D eigenvalue weighted by atomic mass is 16.5.